The third kappa shape index (κ3) is 6.62. The second-order valence-corrected chi connectivity index (χ2v) is 12.2. The molecule has 10 nitrogen and oxygen atoms in total. The predicted molar refractivity (Wildman–Crippen MR) is 196 cm³/mol. The van der Waals surface area contributed by atoms with Crippen LogP contribution >= 0.6 is 23.2 Å². The van der Waals surface area contributed by atoms with Gasteiger partial charge in [-0.2, -0.15) is 0 Å². The van der Waals surface area contributed by atoms with Gasteiger partial charge < -0.3 is 16.0 Å². The number of nitrogens with one attached hydrogen (secondary N) is 2. The molecule has 0 spiro atoms. The summed E-state index contributed by atoms with van der Waals surface area (Å²) in [5, 5.41) is 6.61. The molecule has 2 unspecified atom stereocenters. The van der Waals surface area contributed by atoms with Gasteiger partial charge in [0.2, 0.25) is 0 Å². The first kappa shape index (κ1) is 32.0. The topological polar surface area (TPSA) is 144 Å². The first-order valence-electron chi connectivity index (χ1n) is 15.5. The summed E-state index contributed by atoms with van der Waals surface area (Å²) in [6, 6.07) is 26.8. The van der Waals surface area contributed by atoms with Gasteiger partial charge in [0.05, 0.1) is 46.2 Å². The van der Waals surface area contributed by atoms with Crippen molar-refractivity contribution in [3.05, 3.63) is 131 Å². The molecule has 242 valence electrons. The van der Waals surface area contributed by atoms with E-state index < -0.39 is 0 Å². The highest BCUT2D eigenvalue weighted by Gasteiger charge is 2.19. The lowest BCUT2D eigenvalue weighted by Gasteiger charge is -2.19. The number of H-pyrrole nitrogens is 1. The maximum Gasteiger partial charge on any atom is 0.182 e. The lowest BCUT2D eigenvalue weighted by atomic mass is 10.0. The van der Waals surface area contributed by atoms with Gasteiger partial charge >= 0.3 is 0 Å². The minimum atomic E-state index is -0.139. The maximum atomic E-state index is 6.45. The molecular weight excluding hydrogens is 655 g/mol. The third-order valence-electron chi connectivity index (χ3n) is 8.02. The van der Waals surface area contributed by atoms with Gasteiger partial charge in [-0.3, -0.25) is 9.97 Å². The maximum absolute atomic E-state index is 6.45. The summed E-state index contributed by atoms with van der Waals surface area (Å²) in [5.74, 6) is 0.672. The van der Waals surface area contributed by atoms with Crippen molar-refractivity contribution in [2.75, 3.05) is 5.32 Å². The van der Waals surface area contributed by atoms with E-state index in [1.807, 2.05) is 85.8 Å². The van der Waals surface area contributed by atoms with Crippen LogP contribution in [0.25, 0.3) is 55.7 Å². The molecule has 0 fully saturated rings. The lowest BCUT2D eigenvalue weighted by molar-refractivity contribution is 0.816. The van der Waals surface area contributed by atoms with Crippen LogP contribution in [0, 0.1) is 0 Å². The van der Waals surface area contributed by atoms with Crippen molar-refractivity contribution in [3.63, 3.8) is 0 Å². The first-order valence-corrected chi connectivity index (χ1v) is 16.3. The largest absolute Gasteiger partial charge is 0.362 e. The van der Waals surface area contributed by atoms with Crippen molar-refractivity contribution in [2.24, 2.45) is 5.73 Å². The highest BCUT2D eigenvalue weighted by Crippen LogP contribution is 2.34. The molecule has 2 atom stereocenters. The Kier molecular flexibility index (Phi) is 9.08. The second kappa shape index (κ2) is 13.9. The Morgan fingerprint density at radius 1 is 0.673 bits per heavy atom. The molecule has 0 aliphatic heterocycles. The zero-order chi connectivity index (χ0) is 33.9. The van der Waals surface area contributed by atoms with E-state index in [-0.39, 0.29) is 12.1 Å². The average molecular weight is 686 g/mol. The summed E-state index contributed by atoms with van der Waals surface area (Å²) >= 11 is 12.7. The molecular formula is C37H30Cl2N10. The molecule has 49 heavy (non-hydrogen) atoms. The summed E-state index contributed by atoms with van der Waals surface area (Å²) in [4.78, 5) is 34.3. The Morgan fingerprint density at radius 2 is 1.27 bits per heavy atom. The van der Waals surface area contributed by atoms with Crippen LogP contribution in [-0.4, -0.2) is 39.9 Å². The van der Waals surface area contributed by atoms with Gasteiger partial charge in [0.1, 0.15) is 11.8 Å². The summed E-state index contributed by atoms with van der Waals surface area (Å²) in [6.07, 6.45) is 6.61. The number of nitrogens with two attached hydrogens (primary N) is 1. The number of aromatic amines is 1. The second-order valence-electron chi connectivity index (χ2n) is 11.4. The van der Waals surface area contributed by atoms with Crippen LogP contribution in [0.2, 0.25) is 10.0 Å². The van der Waals surface area contributed by atoms with E-state index in [1.54, 1.807) is 18.7 Å². The fourth-order valence-electron chi connectivity index (χ4n) is 5.60. The Balaban J connectivity index is 0.000000166. The van der Waals surface area contributed by atoms with Crippen molar-refractivity contribution in [1.82, 2.24) is 39.9 Å². The van der Waals surface area contributed by atoms with Crippen molar-refractivity contribution in [2.45, 2.75) is 25.9 Å². The number of hydrogen-bond donors (Lipinski definition) is 3. The molecule has 0 saturated carbocycles. The molecule has 0 aliphatic carbocycles. The van der Waals surface area contributed by atoms with Gasteiger partial charge in [0.25, 0.3) is 0 Å². The smallest absolute Gasteiger partial charge is 0.182 e. The average Bonchev–Trinajstić information content (AvgIpc) is 3.62. The molecule has 6 aromatic heterocycles. The Hall–Kier alpha value is -5.55. The number of benzene rings is 2. The SMILES string of the molecule is CC(N)c1cc2c(Cl)cccc2nc1-c1ccccn1.CC(Nc1ncnc2nc[nH]c12)c1cc2c(Cl)cccc2nc1-c1ccccn1. The zero-order valence-electron chi connectivity index (χ0n) is 26.5. The minimum absolute atomic E-state index is 0.124. The van der Waals surface area contributed by atoms with Gasteiger partial charge in [0.15, 0.2) is 11.5 Å². The van der Waals surface area contributed by atoms with Crippen LogP contribution < -0.4 is 11.1 Å². The van der Waals surface area contributed by atoms with Crippen molar-refractivity contribution in [3.8, 4) is 22.8 Å². The molecule has 6 heterocycles. The van der Waals surface area contributed by atoms with E-state index >= 15 is 0 Å². The van der Waals surface area contributed by atoms with Crippen LogP contribution in [0.15, 0.2) is 110 Å². The van der Waals surface area contributed by atoms with Crippen molar-refractivity contribution < 1.29 is 0 Å². The Labute approximate surface area is 291 Å². The van der Waals surface area contributed by atoms with Crippen LogP contribution in [-0.2, 0) is 0 Å². The third-order valence-corrected chi connectivity index (χ3v) is 8.68. The van der Waals surface area contributed by atoms with E-state index in [0.29, 0.717) is 21.5 Å². The number of hydrogen-bond acceptors (Lipinski definition) is 9. The summed E-state index contributed by atoms with van der Waals surface area (Å²) in [6.45, 7) is 3.99. The number of aromatic nitrogens is 8. The Morgan fingerprint density at radius 3 is 1.84 bits per heavy atom. The molecule has 4 N–H and O–H groups in total. The molecule has 12 heteroatoms. The molecule has 0 saturated heterocycles. The number of fused-ring (bicyclic) bond motifs is 3. The fourth-order valence-corrected chi connectivity index (χ4v) is 6.05. The summed E-state index contributed by atoms with van der Waals surface area (Å²) in [5.41, 5.74) is 14.3. The lowest BCUT2D eigenvalue weighted by Crippen LogP contribution is -2.11. The summed E-state index contributed by atoms with van der Waals surface area (Å²) in [7, 11) is 0. The standard InChI is InChI=1S/C21H16ClN7.C16H14ClN3/c1-12(28-21-19-20(25-10-24-19)26-11-27-21)13-9-14-15(22)5-4-7-16(14)29-18(13)17-6-2-3-8-23-17;1-10(18)11-9-12-13(17)5-4-7-14(12)20-16(11)15-6-2-3-8-19-15/h2-12H,1H3,(H2,24,25,26,27,28);2-10H,18H2,1H3. The monoisotopic (exact) mass is 684 g/mol. The number of pyridine rings is 4. The minimum Gasteiger partial charge on any atom is -0.362 e. The van der Waals surface area contributed by atoms with Gasteiger partial charge in [-0.15, -0.1) is 0 Å². The van der Waals surface area contributed by atoms with E-state index in [2.05, 4.69) is 48.2 Å². The van der Waals surface area contributed by atoms with Crippen molar-refractivity contribution in [1.29, 1.82) is 0 Å². The van der Waals surface area contributed by atoms with Gasteiger partial charge in [-0.05, 0) is 80.1 Å². The molecule has 0 aliphatic rings. The Bertz CT molecular complexity index is 2400. The fraction of sp³-hybridized carbons (Fsp3) is 0.108. The first-order chi connectivity index (χ1) is 23.9. The number of anilines is 1. The number of halogens is 2. The van der Waals surface area contributed by atoms with E-state index in [4.69, 9.17) is 38.9 Å². The van der Waals surface area contributed by atoms with Gasteiger partial charge in [-0.25, -0.2) is 24.9 Å². The van der Waals surface area contributed by atoms with E-state index in [0.717, 1.165) is 61.2 Å². The van der Waals surface area contributed by atoms with Crippen LogP contribution in [0.1, 0.15) is 37.1 Å². The molecule has 0 amide bonds. The predicted octanol–water partition coefficient (Wildman–Crippen LogP) is 8.76. The molecule has 0 radical (unpaired) electrons. The van der Waals surface area contributed by atoms with Gasteiger partial charge in [-0.1, -0.05) is 47.5 Å². The molecule has 0 bridgehead atoms. The van der Waals surface area contributed by atoms with Gasteiger partial charge in [0, 0.05) is 44.8 Å². The normalized spacial score (nSPS) is 12.4. The molecule has 8 rings (SSSR count). The highest BCUT2D eigenvalue weighted by molar-refractivity contribution is 6.35. The summed E-state index contributed by atoms with van der Waals surface area (Å²) < 4.78 is 0. The van der Waals surface area contributed by atoms with Crippen LogP contribution in [0.4, 0.5) is 5.82 Å². The zero-order valence-corrected chi connectivity index (χ0v) is 28.0. The van der Waals surface area contributed by atoms with E-state index in [1.165, 1.54) is 6.33 Å². The van der Waals surface area contributed by atoms with E-state index in [9.17, 15) is 0 Å². The number of nitrogens with zero attached hydrogens (tertiary/aromatic N) is 7. The number of rotatable bonds is 6. The van der Waals surface area contributed by atoms with Crippen LogP contribution in [0.5, 0.6) is 0 Å². The highest BCUT2D eigenvalue weighted by atomic mass is 35.5. The molecule has 2 aromatic carbocycles. The quantitative estimate of drug-likeness (QED) is 0.156. The van der Waals surface area contributed by atoms with Crippen LogP contribution in [0.3, 0.4) is 0 Å². The molecule has 8 aromatic rings. The number of imidazole rings is 1. The van der Waals surface area contributed by atoms with Crippen molar-refractivity contribution >= 4 is 62.0 Å².